The lowest BCUT2D eigenvalue weighted by atomic mass is 10.1. The third-order valence-corrected chi connectivity index (χ3v) is 5.49. The first-order chi connectivity index (χ1) is 16.6. The summed E-state index contributed by atoms with van der Waals surface area (Å²) >= 11 is 0. The minimum absolute atomic E-state index is 0.0503. The standard InChI is InChI=1S/C25H32N4O6/c1-25(2,34)9-12-35-21-6-4-3-5-19(21)29(10-11-30)22(32)14-20(31)24(33)28-17-7-8-18-16(13-17)15-27-23(18)26/h3-8,13,20,30-31,34H,9-12,14-15H2,1-2H3,(H2,26,27)(H,28,33)/t20-/m1/s1. The second-order valence-electron chi connectivity index (χ2n) is 8.93. The molecule has 1 atom stereocenters. The first-order valence-corrected chi connectivity index (χ1v) is 11.4. The Labute approximate surface area is 204 Å². The van der Waals surface area contributed by atoms with Crippen LogP contribution in [0.2, 0.25) is 0 Å². The number of aliphatic hydroxyl groups excluding tert-OH is 2. The molecule has 2 aromatic carbocycles. The van der Waals surface area contributed by atoms with Crippen LogP contribution in [-0.4, -0.2) is 64.4 Å². The average molecular weight is 485 g/mol. The molecular formula is C25H32N4O6. The van der Waals surface area contributed by atoms with E-state index in [4.69, 9.17) is 10.5 Å². The molecule has 0 bridgehead atoms. The number of rotatable bonds is 11. The Hall–Kier alpha value is -3.47. The van der Waals surface area contributed by atoms with Gasteiger partial charge < -0.3 is 36.0 Å². The van der Waals surface area contributed by atoms with Crippen LogP contribution < -0.4 is 20.7 Å². The van der Waals surface area contributed by atoms with Crippen molar-refractivity contribution >= 4 is 29.0 Å². The summed E-state index contributed by atoms with van der Waals surface area (Å²) in [6, 6.07) is 11.9. The molecule has 0 unspecified atom stereocenters. The van der Waals surface area contributed by atoms with Crippen molar-refractivity contribution in [1.82, 2.24) is 0 Å². The normalized spacial score (nSPS) is 13.6. The molecule has 0 saturated carbocycles. The first kappa shape index (κ1) is 26.1. The number of para-hydroxylation sites is 2. The fraction of sp³-hybridized carbons (Fsp3) is 0.400. The van der Waals surface area contributed by atoms with Crippen LogP contribution in [0.4, 0.5) is 11.4 Å². The third kappa shape index (κ3) is 7.01. The summed E-state index contributed by atoms with van der Waals surface area (Å²) < 4.78 is 5.77. The van der Waals surface area contributed by atoms with E-state index in [9.17, 15) is 24.9 Å². The number of anilines is 2. The lowest BCUT2D eigenvalue weighted by Gasteiger charge is -2.26. The highest BCUT2D eigenvalue weighted by molar-refractivity contribution is 6.03. The van der Waals surface area contributed by atoms with E-state index in [-0.39, 0.29) is 19.8 Å². The van der Waals surface area contributed by atoms with E-state index in [1.54, 1.807) is 56.3 Å². The SMILES string of the molecule is CC(C)(O)CCOc1ccccc1N(CCO)C(=O)C[C@@H](O)C(=O)Nc1ccc2c(c1)CN=C2N. The number of carbonyl (C=O) groups is 2. The molecule has 0 aromatic heterocycles. The number of aliphatic imine (C=N–C) groups is 1. The lowest BCUT2D eigenvalue weighted by molar-refractivity contribution is -0.129. The maximum atomic E-state index is 13.0. The first-order valence-electron chi connectivity index (χ1n) is 11.4. The molecule has 10 heteroatoms. The van der Waals surface area contributed by atoms with Gasteiger partial charge in [-0.05, 0) is 49.7 Å². The van der Waals surface area contributed by atoms with Gasteiger partial charge in [0, 0.05) is 24.2 Å². The van der Waals surface area contributed by atoms with Crippen LogP contribution in [0.25, 0.3) is 0 Å². The second-order valence-corrected chi connectivity index (χ2v) is 8.93. The number of fused-ring (bicyclic) bond motifs is 1. The molecule has 0 saturated heterocycles. The Kier molecular flexibility index (Phi) is 8.44. The molecule has 10 nitrogen and oxygen atoms in total. The Morgan fingerprint density at radius 3 is 2.71 bits per heavy atom. The van der Waals surface area contributed by atoms with Gasteiger partial charge in [0.25, 0.3) is 5.91 Å². The van der Waals surface area contributed by atoms with E-state index >= 15 is 0 Å². The number of hydrogen-bond donors (Lipinski definition) is 5. The molecular weight excluding hydrogens is 452 g/mol. The largest absolute Gasteiger partial charge is 0.491 e. The van der Waals surface area contributed by atoms with Gasteiger partial charge in [-0.2, -0.15) is 0 Å². The minimum atomic E-state index is -1.61. The van der Waals surface area contributed by atoms with Gasteiger partial charge in [0.05, 0.1) is 37.5 Å². The average Bonchev–Trinajstić information content (AvgIpc) is 3.17. The predicted octanol–water partition coefficient (Wildman–Crippen LogP) is 1.16. The molecule has 1 heterocycles. The van der Waals surface area contributed by atoms with Crippen LogP contribution in [0.3, 0.4) is 0 Å². The molecule has 188 valence electrons. The molecule has 0 fully saturated rings. The van der Waals surface area contributed by atoms with Gasteiger partial charge in [-0.25, -0.2) is 0 Å². The maximum Gasteiger partial charge on any atom is 0.253 e. The van der Waals surface area contributed by atoms with Crippen molar-refractivity contribution in [3.8, 4) is 5.75 Å². The molecule has 2 amide bonds. The van der Waals surface area contributed by atoms with E-state index in [0.29, 0.717) is 35.9 Å². The predicted molar refractivity (Wildman–Crippen MR) is 132 cm³/mol. The van der Waals surface area contributed by atoms with Crippen molar-refractivity contribution in [3.63, 3.8) is 0 Å². The van der Waals surface area contributed by atoms with E-state index in [0.717, 1.165) is 11.1 Å². The number of benzene rings is 2. The minimum Gasteiger partial charge on any atom is -0.491 e. The zero-order valence-electron chi connectivity index (χ0n) is 19.9. The summed E-state index contributed by atoms with van der Waals surface area (Å²) in [5, 5.41) is 32.5. The number of nitrogens with one attached hydrogen (secondary N) is 1. The van der Waals surface area contributed by atoms with E-state index < -0.39 is 29.9 Å². The third-order valence-electron chi connectivity index (χ3n) is 5.49. The Morgan fingerprint density at radius 2 is 2.00 bits per heavy atom. The van der Waals surface area contributed by atoms with Crippen LogP contribution in [0.1, 0.15) is 37.8 Å². The number of hydrogen-bond acceptors (Lipinski definition) is 8. The number of amidine groups is 1. The van der Waals surface area contributed by atoms with Gasteiger partial charge in [-0.3, -0.25) is 14.6 Å². The summed E-state index contributed by atoms with van der Waals surface area (Å²) in [7, 11) is 0. The summed E-state index contributed by atoms with van der Waals surface area (Å²) in [4.78, 5) is 31.0. The van der Waals surface area contributed by atoms with Gasteiger partial charge in [0.2, 0.25) is 5.91 Å². The molecule has 0 radical (unpaired) electrons. The number of ether oxygens (including phenoxy) is 1. The maximum absolute atomic E-state index is 13.0. The van der Waals surface area contributed by atoms with E-state index in [1.807, 2.05) is 0 Å². The second kappa shape index (κ2) is 11.3. The van der Waals surface area contributed by atoms with Crippen LogP contribution >= 0.6 is 0 Å². The zero-order valence-corrected chi connectivity index (χ0v) is 19.9. The summed E-state index contributed by atoms with van der Waals surface area (Å²) in [5.41, 5.74) is 7.41. The van der Waals surface area contributed by atoms with Crippen molar-refractivity contribution in [2.24, 2.45) is 10.7 Å². The molecule has 0 aliphatic carbocycles. The van der Waals surface area contributed by atoms with Crippen LogP contribution in [0, 0.1) is 0 Å². The monoisotopic (exact) mass is 484 g/mol. The van der Waals surface area contributed by atoms with Crippen molar-refractivity contribution in [3.05, 3.63) is 53.6 Å². The van der Waals surface area contributed by atoms with Gasteiger partial charge in [-0.1, -0.05) is 12.1 Å². The summed E-state index contributed by atoms with van der Waals surface area (Å²) in [6.45, 7) is 3.59. The fourth-order valence-electron chi connectivity index (χ4n) is 3.59. The number of amides is 2. The van der Waals surface area contributed by atoms with Gasteiger partial charge in [0.1, 0.15) is 17.7 Å². The highest BCUT2D eigenvalue weighted by Gasteiger charge is 2.26. The number of nitrogens with two attached hydrogens (primary N) is 1. The van der Waals surface area contributed by atoms with Crippen LogP contribution in [0.5, 0.6) is 5.75 Å². The van der Waals surface area contributed by atoms with Gasteiger partial charge in [0.15, 0.2) is 0 Å². The Balaban J connectivity index is 1.66. The number of aliphatic hydroxyl groups is 3. The summed E-state index contributed by atoms with van der Waals surface area (Å²) in [5.74, 6) is -0.465. The zero-order chi connectivity index (χ0) is 25.6. The summed E-state index contributed by atoms with van der Waals surface area (Å²) in [6.07, 6.45) is -1.73. The smallest absolute Gasteiger partial charge is 0.253 e. The molecule has 1 aliphatic rings. The number of nitrogens with zero attached hydrogens (tertiary/aromatic N) is 2. The van der Waals surface area contributed by atoms with Crippen LogP contribution in [-0.2, 0) is 16.1 Å². The molecule has 35 heavy (non-hydrogen) atoms. The van der Waals surface area contributed by atoms with E-state index in [2.05, 4.69) is 10.3 Å². The number of carbonyl (C=O) groups excluding carboxylic acids is 2. The highest BCUT2D eigenvalue weighted by atomic mass is 16.5. The topological polar surface area (TPSA) is 158 Å². The molecule has 3 rings (SSSR count). The molecule has 1 aliphatic heterocycles. The highest BCUT2D eigenvalue weighted by Crippen LogP contribution is 2.29. The molecule has 2 aromatic rings. The van der Waals surface area contributed by atoms with Crippen molar-refractivity contribution in [2.45, 2.75) is 44.9 Å². The molecule has 6 N–H and O–H groups in total. The Morgan fingerprint density at radius 1 is 1.26 bits per heavy atom. The van der Waals surface area contributed by atoms with Crippen LogP contribution in [0.15, 0.2) is 47.5 Å². The quantitative estimate of drug-likeness (QED) is 0.320. The van der Waals surface area contributed by atoms with Gasteiger partial charge >= 0.3 is 0 Å². The molecule has 0 spiro atoms. The van der Waals surface area contributed by atoms with E-state index in [1.165, 1.54) is 4.90 Å². The van der Waals surface area contributed by atoms with Crippen molar-refractivity contribution < 1.29 is 29.6 Å². The lowest BCUT2D eigenvalue weighted by Crippen LogP contribution is -2.39. The Bertz CT molecular complexity index is 1100. The van der Waals surface area contributed by atoms with Gasteiger partial charge in [-0.15, -0.1) is 0 Å². The fourth-order valence-corrected chi connectivity index (χ4v) is 3.59. The van der Waals surface area contributed by atoms with Crippen molar-refractivity contribution in [2.75, 3.05) is 30.0 Å². The van der Waals surface area contributed by atoms with Crippen molar-refractivity contribution in [1.29, 1.82) is 0 Å².